The zero-order valence-corrected chi connectivity index (χ0v) is 18.0. The van der Waals surface area contributed by atoms with Gasteiger partial charge in [0.05, 0.1) is 16.2 Å². The fraction of sp³-hybridized carbons (Fsp3) is 0.316. The standard InChI is InChI=1S/C19H19BrF2N6O2/c1-19(2,3)30-18(29)26-15(6-11-4-12(21)7-13(22)5-11)16-14(20)8-24-17(27-16)28-10-23-9-25-28/h4-5,7-10,15H,6H2,1-3H3,(H,26,29)/t15-/m0/s1. The van der Waals surface area contributed by atoms with Crippen molar-refractivity contribution in [2.45, 2.75) is 38.8 Å². The molecule has 11 heteroatoms. The molecule has 0 unspecified atom stereocenters. The maximum atomic E-state index is 13.7. The molecule has 1 aromatic carbocycles. The van der Waals surface area contributed by atoms with E-state index in [1.807, 2.05) is 0 Å². The summed E-state index contributed by atoms with van der Waals surface area (Å²) in [4.78, 5) is 24.9. The van der Waals surface area contributed by atoms with E-state index in [1.165, 1.54) is 35.7 Å². The Labute approximate surface area is 179 Å². The van der Waals surface area contributed by atoms with Crippen molar-refractivity contribution in [3.63, 3.8) is 0 Å². The second-order valence-corrected chi connectivity index (χ2v) is 8.28. The molecule has 158 valence electrons. The highest BCUT2D eigenvalue weighted by Gasteiger charge is 2.25. The average Bonchev–Trinajstić information content (AvgIpc) is 3.13. The molecule has 2 aromatic heterocycles. The van der Waals surface area contributed by atoms with Crippen LogP contribution >= 0.6 is 15.9 Å². The number of hydrogen-bond acceptors (Lipinski definition) is 6. The number of amides is 1. The summed E-state index contributed by atoms with van der Waals surface area (Å²) in [6, 6.07) is 2.39. The van der Waals surface area contributed by atoms with Gasteiger partial charge in [-0.3, -0.25) is 0 Å². The lowest BCUT2D eigenvalue weighted by Gasteiger charge is -2.24. The lowest BCUT2D eigenvalue weighted by molar-refractivity contribution is 0.0502. The number of nitrogens with zero attached hydrogens (tertiary/aromatic N) is 5. The lowest BCUT2D eigenvalue weighted by Crippen LogP contribution is -2.36. The minimum atomic E-state index is -0.777. The van der Waals surface area contributed by atoms with E-state index < -0.39 is 29.4 Å². The van der Waals surface area contributed by atoms with Crippen molar-refractivity contribution in [2.24, 2.45) is 0 Å². The lowest BCUT2D eigenvalue weighted by atomic mass is 10.0. The number of benzene rings is 1. The van der Waals surface area contributed by atoms with E-state index in [9.17, 15) is 13.6 Å². The normalized spacial score (nSPS) is 12.5. The Hall–Kier alpha value is -2.95. The van der Waals surface area contributed by atoms with Gasteiger partial charge in [0, 0.05) is 12.3 Å². The summed E-state index contributed by atoms with van der Waals surface area (Å²) >= 11 is 3.38. The molecule has 0 aliphatic heterocycles. The van der Waals surface area contributed by atoms with Crippen LogP contribution in [0.4, 0.5) is 13.6 Å². The molecule has 1 N–H and O–H groups in total. The summed E-state index contributed by atoms with van der Waals surface area (Å²) < 4.78 is 34.6. The monoisotopic (exact) mass is 480 g/mol. The summed E-state index contributed by atoms with van der Waals surface area (Å²) in [6.07, 6.45) is 3.61. The van der Waals surface area contributed by atoms with Crippen molar-refractivity contribution in [2.75, 3.05) is 0 Å². The summed E-state index contributed by atoms with van der Waals surface area (Å²) in [5, 5.41) is 6.71. The molecule has 0 radical (unpaired) electrons. The van der Waals surface area contributed by atoms with Gasteiger partial charge in [-0.2, -0.15) is 9.78 Å². The number of aromatic nitrogens is 5. The van der Waals surface area contributed by atoms with Crippen LogP contribution in [-0.2, 0) is 11.2 Å². The number of carbonyl (C=O) groups excluding carboxylic acids is 1. The van der Waals surface area contributed by atoms with Crippen molar-refractivity contribution in [1.29, 1.82) is 0 Å². The zero-order valence-electron chi connectivity index (χ0n) is 16.4. The minimum Gasteiger partial charge on any atom is -0.444 e. The van der Waals surface area contributed by atoms with Gasteiger partial charge >= 0.3 is 6.09 Å². The number of rotatable bonds is 5. The first-order valence-electron chi connectivity index (χ1n) is 8.92. The van der Waals surface area contributed by atoms with Crippen LogP contribution in [0.25, 0.3) is 5.95 Å². The fourth-order valence-corrected chi connectivity index (χ4v) is 3.13. The SMILES string of the molecule is CC(C)(C)OC(=O)N[C@@H](Cc1cc(F)cc(F)c1)c1nc(-n2cncn2)ncc1Br. The number of nitrogens with one attached hydrogen (secondary N) is 1. The quantitative estimate of drug-likeness (QED) is 0.594. The summed E-state index contributed by atoms with van der Waals surface area (Å²) in [7, 11) is 0. The molecule has 3 aromatic rings. The first-order chi connectivity index (χ1) is 14.1. The van der Waals surface area contributed by atoms with Crippen LogP contribution in [0.3, 0.4) is 0 Å². The number of alkyl carbamates (subject to hydrolysis) is 1. The molecule has 30 heavy (non-hydrogen) atoms. The molecule has 0 saturated heterocycles. The molecule has 3 rings (SSSR count). The van der Waals surface area contributed by atoms with Gasteiger partial charge in [0.25, 0.3) is 5.95 Å². The van der Waals surface area contributed by atoms with Crippen molar-refractivity contribution >= 4 is 22.0 Å². The molecule has 0 saturated carbocycles. The zero-order chi connectivity index (χ0) is 21.9. The van der Waals surface area contributed by atoms with Gasteiger partial charge in [-0.1, -0.05) is 0 Å². The van der Waals surface area contributed by atoms with Crippen LogP contribution in [0.2, 0.25) is 0 Å². The van der Waals surface area contributed by atoms with Crippen LogP contribution in [0.5, 0.6) is 0 Å². The summed E-state index contributed by atoms with van der Waals surface area (Å²) in [5.41, 5.74) is -0.0126. The number of carbonyl (C=O) groups is 1. The molecule has 0 bridgehead atoms. The van der Waals surface area contributed by atoms with Crippen molar-refractivity contribution in [3.8, 4) is 5.95 Å². The van der Waals surface area contributed by atoms with Crippen LogP contribution in [0, 0.1) is 11.6 Å². The van der Waals surface area contributed by atoms with Gasteiger partial charge < -0.3 is 10.1 Å². The third-order valence-electron chi connectivity index (χ3n) is 3.77. The Morgan fingerprint density at radius 3 is 2.57 bits per heavy atom. The Balaban J connectivity index is 1.98. The predicted octanol–water partition coefficient (Wildman–Crippen LogP) is 3.91. The third-order valence-corrected chi connectivity index (χ3v) is 4.38. The highest BCUT2D eigenvalue weighted by Crippen LogP contribution is 2.26. The molecule has 0 aliphatic rings. The molecular weight excluding hydrogens is 462 g/mol. The Morgan fingerprint density at radius 2 is 1.97 bits per heavy atom. The van der Waals surface area contributed by atoms with Crippen LogP contribution in [0.15, 0.2) is 41.5 Å². The van der Waals surface area contributed by atoms with E-state index in [-0.39, 0.29) is 12.4 Å². The molecule has 8 nitrogen and oxygen atoms in total. The van der Waals surface area contributed by atoms with Crippen molar-refractivity contribution in [3.05, 3.63) is 64.4 Å². The summed E-state index contributed by atoms with van der Waals surface area (Å²) in [6.45, 7) is 5.19. The molecule has 0 aliphatic carbocycles. The smallest absolute Gasteiger partial charge is 0.408 e. The fourth-order valence-electron chi connectivity index (χ4n) is 2.67. The van der Waals surface area contributed by atoms with Gasteiger partial charge in [0.2, 0.25) is 0 Å². The molecule has 0 fully saturated rings. The highest BCUT2D eigenvalue weighted by molar-refractivity contribution is 9.10. The summed E-state index contributed by atoms with van der Waals surface area (Å²) in [5.74, 6) is -1.22. The third kappa shape index (κ3) is 5.78. The molecule has 2 heterocycles. The second kappa shape index (κ2) is 8.82. The number of ether oxygens (including phenoxy) is 1. The highest BCUT2D eigenvalue weighted by atomic mass is 79.9. The van der Waals surface area contributed by atoms with Crippen LogP contribution in [0.1, 0.15) is 38.1 Å². The first kappa shape index (κ1) is 21.8. The topological polar surface area (TPSA) is 94.8 Å². The van der Waals surface area contributed by atoms with Crippen LogP contribution < -0.4 is 5.32 Å². The number of halogens is 3. The van der Waals surface area contributed by atoms with Gasteiger partial charge in [0.1, 0.15) is 29.9 Å². The second-order valence-electron chi connectivity index (χ2n) is 7.42. The maximum Gasteiger partial charge on any atom is 0.408 e. The average molecular weight is 481 g/mol. The van der Waals surface area contributed by atoms with Gasteiger partial charge in [-0.05, 0) is 60.8 Å². The molecule has 0 spiro atoms. The van der Waals surface area contributed by atoms with Gasteiger partial charge in [-0.25, -0.2) is 28.5 Å². The van der Waals surface area contributed by atoms with Gasteiger partial charge in [-0.15, -0.1) is 0 Å². The van der Waals surface area contributed by atoms with E-state index in [2.05, 4.69) is 41.3 Å². The first-order valence-corrected chi connectivity index (χ1v) is 9.72. The van der Waals surface area contributed by atoms with E-state index in [0.717, 1.165) is 6.07 Å². The Morgan fingerprint density at radius 1 is 1.27 bits per heavy atom. The molecule has 1 amide bonds. The Kier molecular flexibility index (Phi) is 6.40. The van der Waals surface area contributed by atoms with Gasteiger partial charge in [0.15, 0.2) is 0 Å². The van der Waals surface area contributed by atoms with E-state index in [4.69, 9.17) is 4.74 Å². The van der Waals surface area contributed by atoms with Crippen LogP contribution in [-0.4, -0.2) is 36.4 Å². The predicted molar refractivity (Wildman–Crippen MR) is 107 cm³/mol. The van der Waals surface area contributed by atoms with E-state index in [0.29, 0.717) is 15.7 Å². The molecule has 1 atom stereocenters. The van der Waals surface area contributed by atoms with E-state index >= 15 is 0 Å². The largest absolute Gasteiger partial charge is 0.444 e. The molecular formula is C19H19BrF2N6O2. The Bertz CT molecular complexity index is 1020. The van der Waals surface area contributed by atoms with Crippen molar-refractivity contribution in [1.82, 2.24) is 30.0 Å². The van der Waals surface area contributed by atoms with Crippen molar-refractivity contribution < 1.29 is 18.3 Å². The minimum absolute atomic E-state index is 0.0559. The van der Waals surface area contributed by atoms with E-state index in [1.54, 1.807) is 20.8 Å². The maximum absolute atomic E-state index is 13.7. The number of hydrogen-bond donors (Lipinski definition) is 1.